The van der Waals surface area contributed by atoms with Gasteiger partial charge >= 0.3 is 5.97 Å². The summed E-state index contributed by atoms with van der Waals surface area (Å²) < 4.78 is 0. The number of hydrogen-bond acceptors (Lipinski definition) is 6. The van der Waals surface area contributed by atoms with Crippen molar-refractivity contribution in [3.63, 3.8) is 0 Å². The van der Waals surface area contributed by atoms with Gasteiger partial charge in [0.2, 0.25) is 5.91 Å². The summed E-state index contributed by atoms with van der Waals surface area (Å²) in [5.74, 6) is -1.80. The highest BCUT2D eigenvalue weighted by molar-refractivity contribution is 8.03. The van der Waals surface area contributed by atoms with Gasteiger partial charge in [-0.1, -0.05) is 6.92 Å². The zero-order chi connectivity index (χ0) is 18.6. The number of carboxylic acid groups (broad SMARTS) is 1. The van der Waals surface area contributed by atoms with E-state index in [4.69, 9.17) is 0 Å². The van der Waals surface area contributed by atoms with Gasteiger partial charge in [0.05, 0.1) is 18.1 Å². The number of aliphatic hydroxyl groups excluding tert-OH is 1. The van der Waals surface area contributed by atoms with E-state index in [0.717, 1.165) is 31.1 Å². The van der Waals surface area contributed by atoms with Crippen molar-refractivity contribution >= 4 is 23.6 Å². The molecule has 4 atom stereocenters. The monoisotopic (exact) mass is 381 g/mol. The third-order valence-electron chi connectivity index (χ3n) is 6.31. The summed E-state index contributed by atoms with van der Waals surface area (Å²) in [6.45, 7) is 7.71. The molecular weight excluding hydrogens is 354 g/mol. The summed E-state index contributed by atoms with van der Waals surface area (Å²) in [6.07, 6.45) is 1.61. The molecule has 0 aromatic carbocycles. The Balaban J connectivity index is 1.44. The second kappa shape index (κ2) is 6.82. The number of amides is 1. The van der Waals surface area contributed by atoms with Crippen LogP contribution in [-0.2, 0) is 9.59 Å². The van der Waals surface area contributed by atoms with Gasteiger partial charge < -0.3 is 20.4 Å². The van der Waals surface area contributed by atoms with E-state index in [9.17, 15) is 19.8 Å². The number of likely N-dealkylation sites (tertiary alicyclic amines) is 1. The standard InChI is InChI=1S/C18H27N3O4S/c1-9-14-13(10(2)22)17(23)21(14)15(18(24)25)16(9)26-12-7-20(8-12)11-3-5-19-6-4-11/h9-14,19,22H,3-8H2,1-2H3,(H,24,25)/t9-,10?,13-,14-/m1/s1. The van der Waals surface area contributed by atoms with Gasteiger partial charge in [-0.05, 0) is 32.9 Å². The van der Waals surface area contributed by atoms with Crippen LogP contribution in [-0.4, -0.2) is 81.5 Å². The van der Waals surface area contributed by atoms with Gasteiger partial charge in [0.25, 0.3) is 0 Å². The van der Waals surface area contributed by atoms with Gasteiger partial charge in [0.1, 0.15) is 5.70 Å². The minimum Gasteiger partial charge on any atom is -0.477 e. The highest BCUT2D eigenvalue weighted by Gasteiger charge is 2.60. The average molecular weight is 381 g/mol. The Kier molecular flexibility index (Phi) is 4.79. The molecule has 0 aliphatic carbocycles. The molecule has 0 radical (unpaired) electrons. The van der Waals surface area contributed by atoms with Crippen LogP contribution in [0.1, 0.15) is 26.7 Å². The molecule has 3 N–H and O–H groups in total. The second-order valence-electron chi connectivity index (χ2n) is 7.95. The lowest BCUT2D eigenvalue weighted by atomic mass is 9.79. The van der Waals surface area contributed by atoms with Crippen molar-refractivity contribution in [2.24, 2.45) is 11.8 Å². The maximum absolute atomic E-state index is 12.4. The molecule has 0 aromatic rings. The molecule has 8 heteroatoms. The lowest BCUT2D eigenvalue weighted by Crippen LogP contribution is -2.63. The first-order chi connectivity index (χ1) is 12.4. The van der Waals surface area contributed by atoms with E-state index in [2.05, 4.69) is 10.2 Å². The number of carboxylic acids is 1. The van der Waals surface area contributed by atoms with Gasteiger partial charge in [0, 0.05) is 35.2 Å². The number of rotatable bonds is 5. The molecule has 144 valence electrons. The number of fused-ring (bicyclic) bond motifs is 1. The van der Waals surface area contributed by atoms with E-state index in [0.29, 0.717) is 11.3 Å². The number of hydrogen-bond donors (Lipinski definition) is 3. The molecule has 3 saturated heterocycles. The first-order valence-corrected chi connectivity index (χ1v) is 10.4. The molecule has 4 aliphatic rings. The van der Waals surface area contributed by atoms with Crippen LogP contribution in [0.5, 0.6) is 0 Å². The summed E-state index contributed by atoms with van der Waals surface area (Å²) in [4.78, 5) is 28.9. The molecule has 4 aliphatic heterocycles. The van der Waals surface area contributed by atoms with Crippen molar-refractivity contribution in [3.05, 3.63) is 10.6 Å². The van der Waals surface area contributed by atoms with Crippen LogP contribution < -0.4 is 5.32 Å². The van der Waals surface area contributed by atoms with Crippen LogP contribution in [0.15, 0.2) is 10.6 Å². The minimum atomic E-state index is -1.03. The summed E-state index contributed by atoms with van der Waals surface area (Å²) in [5.41, 5.74) is 0.148. The lowest BCUT2D eigenvalue weighted by molar-refractivity contribution is -0.163. The first-order valence-electron chi connectivity index (χ1n) is 9.50. The highest BCUT2D eigenvalue weighted by atomic mass is 32.2. The van der Waals surface area contributed by atoms with Crippen LogP contribution in [0.3, 0.4) is 0 Å². The zero-order valence-corrected chi connectivity index (χ0v) is 16.0. The smallest absolute Gasteiger partial charge is 0.353 e. The molecule has 1 amide bonds. The Labute approximate surface area is 157 Å². The molecule has 4 heterocycles. The maximum atomic E-state index is 12.4. The van der Waals surface area contributed by atoms with Crippen LogP contribution >= 0.6 is 11.8 Å². The van der Waals surface area contributed by atoms with E-state index in [1.165, 1.54) is 17.7 Å². The summed E-state index contributed by atoms with van der Waals surface area (Å²) >= 11 is 1.64. The van der Waals surface area contributed by atoms with Crippen LogP contribution in [0, 0.1) is 11.8 Å². The highest BCUT2D eigenvalue weighted by Crippen LogP contribution is 2.52. The quantitative estimate of drug-likeness (QED) is 0.590. The molecule has 26 heavy (non-hydrogen) atoms. The molecule has 7 nitrogen and oxygen atoms in total. The van der Waals surface area contributed by atoms with E-state index in [-0.39, 0.29) is 23.6 Å². The zero-order valence-electron chi connectivity index (χ0n) is 15.2. The normalized spacial score (nSPS) is 34.5. The van der Waals surface area contributed by atoms with E-state index in [1.807, 2.05) is 6.92 Å². The number of carbonyl (C=O) groups excluding carboxylic acids is 1. The molecular formula is C18H27N3O4S. The molecule has 0 bridgehead atoms. The average Bonchev–Trinajstić information content (AvgIpc) is 2.80. The van der Waals surface area contributed by atoms with E-state index in [1.54, 1.807) is 18.7 Å². The van der Waals surface area contributed by atoms with Crippen molar-refractivity contribution in [2.75, 3.05) is 26.2 Å². The van der Waals surface area contributed by atoms with Gasteiger partial charge in [-0.15, -0.1) is 11.8 Å². The summed E-state index contributed by atoms with van der Waals surface area (Å²) in [7, 11) is 0. The van der Waals surface area contributed by atoms with Crippen LogP contribution in [0.2, 0.25) is 0 Å². The summed E-state index contributed by atoms with van der Waals surface area (Å²) in [5, 5.41) is 23.4. The number of aliphatic hydroxyl groups is 1. The molecule has 0 aromatic heterocycles. The topological polar surface area (TPSA) is 93.1 Å². The molecule has 0 spiro atoms. The Morgan fingerprint density at radius 1 is 1.31 bits per heavy atom. The predicted molar refractivity (Wildman–Crippen MR) is 98.5 cm³/mol. The Morgan fingerprint density at radius 2 is 1.96 bits per heavy atom. The lowest BCUT2D eigenvalue weighted by Gasteiger charge is -2.46. The first kappa shape index (κ1) is 18.3. The van der Waals surface area contributed by atoms with E-state index >= 15 is 0 Å². The number of nitrogens with zero attached hydrogens (tertiary/aromatic N) is 2. The SMILES string of the molecule is CC(O)[C@H]1C(=O)N2C(C(=O)O)=C(SC3CN(C4CCNCC4)C3)[C@H](C)[C@H]12. The fourth-order valence-corrected chi connectivity index (χ4v) is 6.41. The third-order valence-corrected chi connectivity index (χ3v) is 7.76. The van der Waals surface area contributed by atoms with E-state index < -0.39 is 18.0 Å². The van der Waals surface area contributed by atoms with Crippen molar-refractivity contribution in [3.8, 4) is 0 Å². The maximum Gasteiger partial charge on any atom is 0.353 e. The second-order valence-corrected chi connectivity index (χ2v) is 9.29. The van der Waals surface area contributed by atoms with Crippen molar-refractivity contribution in [1.29, 1.82) is 0 Å². The van der Waals surface area contributed by atoms with Crippen molar-refractivity contribution < 1.29 is 19.8 Å². The van der Waals surface area contributed by atoms with Crippen LogP contribution in [0.4, 0.5) is 0 Å². The minimum absolute atomic E-state index is 0.0312. The number of aliphatic carboxylic acids is 1. The van der Waals surface area contributed by atoms with Crippen molar-refractivity contribution in [1.82, 2.24) is 15.1 Å². The number of thioether (sulfide) groups is 1. The number of carbonyl (C=O) groups is 2. The predicted octanol–water partition coefficient (Wildman–Crippen LogP) is 0.310. The van der Waals surface area contributed by atoms with Gasteiger partial charge in [-0.2, -0.15) is 0 Å². The molecule has 1 unspecified atom stereocenters. The van der Waals surface area contributed by atoms with Crippen LogP contribution in [0.25, 0.3) is 0 Å². The molecule has 4 rings (SSSR count). The van der Waals surface area contributed by atoms with Gasteiger partial charge in [-0.3, -0.25) is 9.69 Å². The fourth-order valence-electron chi connectivity index (χ4n) is 4.87. The Bertz CT molecular complexity index is 640. The number of piperidine rings is 1. The van der Waals surface area contributed by atoms with Crippen molar-refractivity contribution in [2.45, 2.75) is 50.1 Å². The third kappa shape index (κ3) is 2.78. The largest absolute Gasteiger partial charge is 0.477 e. The number of β-lactam (4-membered cyclic amide) rings is 1. The Hall–Kier alpha value is -1.09. The summed E-state index contributed by atoms with van der Waals surface area (Å²) in [6, 6.07) is 0.430. The molecule has 0 saturated carbocycles. The Morgan fingerprint density at radius 3 is 2.54 bits per heavy atom. The van der Waals surface area contributed by atoms with Gasteiger partial charge in [-0.25, -0.2) is 4.79 Å². The number of nitrogens with one attached hydrogen (secondary N) is 1. The van der Waals surface area contributed by atoms with Gasteiger partial charge in [0.15, 0.2) is 0 Å². The molecule has 3 fully saturated rings. The fraction of sp³-hybridized carbons (Fsp3) is 0.778.